The average Bonchev–Trinajstić information content (AvgIpc) is 2.74. The fraction of sp³-hybridized carbons (Fsp3) is 0.769. The van der Waals surface area contributed by atoms with Gasteiger partial charge in [-0.2, -0.15) is 5.10 Å². The van der Waals surface area contributed by atoms with Crippen molar-refractivity contribution in [2.45, 2.75) is 64.0 Å². The molecule has 0 spiro atoms. The number of hydrogen-bond donors (Lipinski definition) is 2. The highest BCUT2D eigenvalue weighted by Crippen LogP contribution is 2.19. The maximum absolute atomic E-state index is 4.00. The zero-order chi connectivity index (χ0) is 11.2. The second kappa shape index (κ2) is 6.04. The smallest absolute Gasteiger partial charge is 0.0518 e. The van der Waals surface area contributed by atoms with Crippen LogP contribution < -0.4 is 5.32 Å². The van der Waals surface area contributed by atoms with Crippen LogP contribution in [0.25, 0.3) is 0 Å². The second-order valence-corrected chi connectivity index (χ2v) is 4.94. The summed E-state index contributed by atoms with van der Waals surface area (Å²) in [5.74, 6) is 0. The zero-order valence-electron chi connectivity index (χ0n) is 10.2. The zero-order valence-corrected chi connectivity index (χ0v) is 10.2. The van der Waals surface area contributed by atoms with Crippen molar-refractivity contribution >= 4 is 0 Å². The van der Waals surface area contributed by atoms with Crippen molar-refractivity contribution in [3.63, 3.8) is 0 Å². The monoisotopic (exact) mass is 221 g/mol. The molecule has 1 aromatic heterocycles. The summed E-state index contributed by atoms with van der Waals surface area (Å²) in [5, 5.41) is 10.8. The molecule has 3 heteroatoms. The van der Waals surface area contributed by atoms with Crippen LogP contribution in [0.4, 0.5) is 0 Å². The summed E-state index contributed by atoms with van der Waals surface area (Å²) in [6.07, 6.45) is 11.5. The number of aromatic amines is 1. The van der Waals surface area contributed by atoms with Crippen LogP contribution in [0.2, 0.25) is 0 Å². The minimum Gasteiger partial charge on any atom is -0.306 e. The van der Waals surface area contributed by atoms with Gasteiger partial charge in [0.2, 0.25) is 0 Å². The van der Waals surface area contributed by atoms with Crippen molar-refractivity contribution in [3.05, 3.63) is 18.0 Å². The van der Waals surface area contributed by atoms with E-state index in [1.807, 2.05) is 6.20 Å². The first-order valence-electron chi connectivity index (χ1n) is 6.61. The Labute approximate surface area is 98.0 Å². The van der Waals surface area contributed by atoms with Crippen LogP contribution >= 0.6 is 0 Å². The molecule has 0 amide bonds. The summed E-state index contributed by atoms with van der Waals surface area (Å²) in [6.45, 7) is 2.21. The van der Waals surface area contributed by atoms with Gasteiger partial charge in [-0.25, -0.2) is 0 Å². The third-order valence-electron chi connectivity index (χ3n) is 3.58. The van der Waals surface area contributed by atoms with Crippen LogP contribution in [-0.2, 0) is 0 Å². The largest absolute Gasteiger partial charge is 0.306 e. The summed E-state index contributed by atoms with van der Waals surface area (Å²) in [5.41, 5.74) is 1.20. The van der Waals surface area contributed by atoms with Gasteiger partial charge < -0.3 is 5.32 Å². The highest BCUT2D eigenvalue weighted by Gasteiger charge is 2.15. The van der Waals surface area contributed by atoms with Gasteiger partial charge in [-0.05, 0) is 25.8 Å². The van der Waals surface area contributed by atoms with Crippen molar-refractivity contribution in [2.24, 2.45) is 0 Å². The molecule has 0 aliphatic heterocycles. The molecule has 1 heterocycles. The van der Waals surface area contributed by atoms with E-state index in [4.69, 9.17) is 0 Å². The lowest BCUT2D eigenvalue weighted by Crippen LogP contribution is -2.32. The summed E-state index contributed by atoms with van der Waals surface area (Å²) in [7, 11) is 0. The second-order valence-electron chi connectivity index (χ2n) is 4.94. The average molecular weight is 221 g/mol. The minimum absolute atomic E-state index is 0.395. The Morgan fingerprint density at radius 2 is 1.94 bits per heavy atom. The van der Waals surface area contributed by atoms with Crippen molar-refractivity contribution in [3.8, 4) is 0 Å². The fourth-order valence-electron chi connectivity index (χ4n) is 2.57. The lowest BCUT2D eigenvalue weighted by Gasteiger charge is -2.24. The number of nitrogens with zero attached hydrogens (tertiary/aromatic N) is 1. The third-order valence-corrected chi connectivity index (χ3v) is 3.58. The van der Waals surface area contributed by atoms with Crippen LogP contribution in [0.1, 0.15) is 63.6 Å². The molecule has 2 rings (SSSR count). The normalized spacial score (nSPS) is 21.3. The molecule has 3 nitrogen and oxygen atoms in total. The molecule has 16 heavy (non-hydrogen) atoms. The summed E-state index contributed by atoms with van der Waals surface area (Å²) >= 11 is 0. The molecule has 1 saturated carbocycles. The molecule has 0 radical (unpaired) electrons. The number of hydrogen-bond acceptors (Lipinski definition) is 2. The Balaban J connectivity index is 1.82. The van der Waals surface area contributed by atoms with Gasteiger partial charge >= 0.3 is 0 Å². The maximum atomic E-state index is 4.00. The summed E-state index contributed by atoms with van der Waals surface area (Å²) in [6, 6.07) is 3.14. The first-order valence-corrected chi connectivity index (χ1v) is 6.61. The summed E-state index contributed by atoms with van der Waals surface area (Å²) < 4.78 is 0. The van der Waals surface area contributed by atoms with Crippen molar-refractivity contribution in [2.75, 3.05) is 0 Å². The van der Waals surface area contributed by atoms with E-state index in [1.54, 1.807) is 0 Å². The highest BCUT2D eigenvalue weighted by molar-refractivity contribution is 5.03. The molecule has 2 N–H and O–H groups in total. The van der Waals surface area contributed by atoms with E-state index in [0.717, 1.165) is 0 Å². The number of nitrogens with one attached hydrogen (secondary N) is 2. The standard InChI is InChI=1S/C13H23N3/c1-11(13-9-10-14-16-13)15-12-7-5-3-2-4-6-8-12/h9-12,15H,2-8H2,1H3,(H,14,16). The predicted molar refractivity (Wildman–Crippen MR) is 66.2 cm³/mol. The molecule has 1 fully saturated rings. The molecule has 0 bridgehead atoms. The number of H-pyrrole nitrogens is 1. The Bertz CT molecular complexity index is 273. The Morgan fingerprint density at radius 1 is 1.25 bits per heavy atom. The van der Waals surface area contributed by atoms with Gasteiger partial charge in [0.1, 0.15) is 0 Å². The molecule has 90 valence electrons. The SMILES string of the molecule is CC(NC1CCCCCCC1)c1ccn[nH]1. The van der Waals surface area contributed by atoms with E-state index in [-0.39, 0.29) is 0 Å². The maximum Gasteiger partial charge on any atom is 0.0518 e. The highest BCUT2D eigenvalue weighted by atomic mass is 15.1. The van der Waals surface area contributed by atoms with E-state index in [1.165, 1.54) is 50.6 Å². The molecular weight excluding hydrogens is 198 g/mol. The van der Waals surface area contributed by atoms with Gasteiger partial charge in [0.15, 0.2) is 0 Å². The molecule has 1 unspecified atom stereocenters. The number of aromatic nitrogens is 2. The molecule has 1 aromatic rings. The van der Waals surface area contributed by atoms with Gasteiger partial charge in [-0.3, -0.25) is 5.10 Å². The van der Waals surface area contributed by atoms with E-state index < -0.39 is 0 Å². The molecule has 1 aliphatic carbocycles. The molecular formula is C13H23N3. The van der Waals surface area contributed by atoms with Gasteiger partial charge in [0, 0.05) is 18.3 Å². The van der Waals surface area contributed by atoms with Crippen molar-refractivity contribution < 1.29 is 0 Å². The number of rotatable bonds is 3. The van der Waals surface area contributed by atoms with E-state index in [2.05, 4.69) is 28.5 Å². The van der Waals surface area contributed by atoms with Gasteiger partial charge in [0.25, 0.3) is 0 Å². The topological polar surface area (TPSA) is 40.7 Å². The van der Waals surface area contributed by atoms with Crippen molar-refractivity contribution in [1.29, 1.82) is 0 Å². The van der Waals surface area contributed by atoms with Crippen LogP contribution in [0.5, 0.6) is 0 Å². The van der Waals surface area contributed by atoms with Gasteiger partial charge in [0.05, 0.1) is 5.69 Å². The minimum atomic E-state index is 0.395. The van der Waals surface area contributed by atoms with E-state index in [0.29, 0.717) is 12.1 Å². The third kappa shape index (κ3) is 3.34. The quantitative estimate of drug-likeness (QED) is 0.823. The van der Waals surface area contributed by atoms with Crippen LogP contribution in [0, 0.1) is 0 Å². The Kier molecular flexibility index (Phi) is 4.40. The van der Waals surface area contributed by atoms with Crippen LogP contribution in [0.3, 0.4) is 0 Å². The van der Waals surface area contributed by atoms with Gasteiger partial charge in [-0.15, -0.1) is 0 Å². The fourth-order valence-corrected chi connectivity index (χ4v) is 2.57. The van der Waals surface area contributed by atoms with E-state index in [9.17, 15) is 0 Å². The summed E-state index contributed by atoms with van der Waals surface area (Å²) in [4.78, 5) is 0. The molecule has 0 saturated heterocycles. The first kappa shape index (κ1) is 11.6. The molecule has 1 atom stereocenters. The van der Waals surface area contributed by atoms with Crippen LogP contribution in [-0.4, -0.2) is 16.2 Å². The molecule has 0 aromatic carbocycles. The lowest BCUT2D eigenvalue weighted by molar-refractivity contribution is 0.360. The van der Waals surface area contributed by atoms with Crippen LogP contribution in [0.15, 0.2) is 12.3 Å². The predicted octanol–water partition coefficient (Wildman–Crippen LogP) is 3.17. The van der Waals surface area contributed by atoms with Gasteiger partial charge in [-0.1, -0.05) is 32.1 Å². The van der Waals surface area contributed by atoms with E-state index >= 15 is 0 Å². The first-order chi connectivity index (χ1) is 7.86. The van der Waals surface area contributed by atoms with Crippen molar-refractivity contribution in [1.82, 2.24) is 15.5 Å². The lowest BCUT2D eigenvalue weighted by atomic mass is 9.96. The Hall–Kier alpha value is -0.830. The molecule has 1 aliphatic rings. The Morgan fingerprint density at radius 3 is 2.56 bits per heavy atom.